The van der Waals surface area contributed by atoms with Gasteiger partial charge in [0.25, 0.3) is 11.8 Å². The zero-order valence-corrected chi connectivity index (χ0v) is 24.2. The molecule has 0 unspecified atom stereocenters. The van der Waals surface area contributed by atoms with Crippen LogP contribution in [0.25, 0.3) is 17.0 Å². The maximum absolute atomic E-state index is 13.6. The highest BCUT2D eigenvalue weighted by molar-refractivity contribution is 6.07. The highest BCUT2D eigenvalue weighted by atomic mass is 16.5. The molecular formula is C33H38N4O5. The molecular weight excluding hydrogens is 532 g/mol. The molecule has 1 aromatic heterocycles. The highest BCUT2D eigenvalue weighted by Crippen LogP contribution is 2.41. The van der Waals surface area contributed by atoms with Crippen LogP contribution in [0, 0.1) is 0 Å². The number of ether oxygens (including phenoxy) is 1. The fourth-order valence-corrected chi connectivity index (χ4v) is 6.49. The van der Waals surface area contributed by atoms with E-state index >= 15 is 0 Å². The Bertz CT molecular complexity index is 1540. The number of rotatable bonds is 9. The molecule has 0 bridgehead atoms. The minimum Gasteiger partial charge on any atom is -0.463 e. The van der Waals surface area contributed by atoms with Gasteiger partial charge in [0.2, 0.25) is 5.91 Å². The van der Waals surface area contributed by atoms with Gasteiger partial charge in [0, 0.05) is 35.3 Å². The predicted molar refractivity (Wildman–Crippen MR) is 162 cm³/mol. The first-order valence-corrected chi connectivity index (χ1v) is 14.7. The standard InChI is InChI=1S/C33H38N4O5/c1-3-42-27(38)17-12-21-10-14-24(15-11-21)35-32(41)33(18-6-7-19-33)36-31(40)23-13-16-25-26(20-23)37(2)29(30(34)39)28(25)22-8-4-5-9-22/h10-17,20,22H,3-9,18-19H2,1-2H3,(H2,34,39)(H,35,41)(H,36,40)/b17-12+. The van der Waals surface area contributed by atoms with Crippen molar-refractivity contribution in [3.8, 4) is 0 Å². The van der Waals surface area contributed by atoms with Crippen molar-refractivity contribution in [2.24, 2.45) is 12.8 Å². The summed E-state index contributed by atoms with van der Waals surface area (Å²) in [5, 5.41) is 6.96. The summed E-state index contributed by atoms with van der Waals surface area (Å²) in [6, 6.07) is 12.6. The van der Waals surface area contributed by atoms with E-state index < -0.39 is 17.4 Å². The molecule has 4 N–H and O–H groups in total. The Morgan fingerprint density at radius 2 is 1.71 bits per heavy atom. The van der Waals surface area contributed by atoms with E-state index in [4.69, 9.17) is 10.5 Å². The van der Waals surface area contributed by atoms with Gasteiger partial charge in [-0.25, -0.2) is 4.79 Å². The lowest BCUT2D eigenvalue weighted by atomic mass is 9.93. The fourth-order valence-electron chi connectivity index (χ4n) is 6.49. The van der Waals surface area contributed by atoms with Crippen LogP contribution in [0.4, 0.5) is 5.69 Å². The maximum atomic E-state index is 13.6. The van der Waals surface area contributed by atoms with Gasteiger partial charge in [-0.2, -0.15) is 0 Å². The molecule has 5 rings (SSSR count). The normalized spacial score (nSPS) is 16.6. The van der Waals surface area contributed by atoms with Crippen molar-refractivity contribution in [3.63, 3.8) is 0 Å². The Balaban J connectivity index is 1.34. The van der Waals surface area contributed by atoms with Gasteiger partial charge in [-0.3, -0.25) is 14.4 Å². The van der Waals surface area contributed by atoms with Gasteiger partial charge in [-0.15, -0.1) is 0 Å². The van der Waals surface area contributed by atoms with E-state index in [0.29, 0.717) is 36.4 Å². The second kappa shape index (κ2) is 12.2. The Morgan fingerprint density at radius 1 is 1.02 bits per heavy atom. The number of primary amides is 1. The Labute approximate surface area is 245 Å². The molecule has 2 fully saturated rings. The second-order valence-electron chi connectivity index (χ2n) is 11.3. The third-order valence-corrected chi connectivity index (χ3v) is 8.61. The number of anilines is 1. The number of aromatic nitrogens is 1. The molecule has 0 radical (unpaired) electrons. The first kappa shape index (κ1) is 29.1. The number of aryl methyl sites for hydroxylation is 1. The summed E-state index contributed by atoms with van der Waals surface area (Å²) in [4.78, 5) is 51.1. The number of carbonyl (C=O) groups excluding carboxylic acids is 4. The molecule has 2 aromatic carbocycles. The predicted octanol–water partition coefficient (Wildman–Crippen LogP) is 5.19. The number of nitrogens with zero attached hydrogens (tertiary/aromatic N) is 1. The van der Waals surface area contributed by atoms with Crippen LogP contribution >= 0.6 is 0 Å². The van der Waals surface area contributed by atoms with Crippen molar-refractivity contribution in [2.45, 2.75) is 69.7 Å². The zero-order chi connectivity index (χ0) is 29.9. The third-order valence-electron chi connectivity index (χ3n) is 8.61. The van der Waals surface area contributed by atoms with Crippen molar-refractivity contribution in [3.05, 3.63) is 70.9 Å². The highest BCUT2D eigenvalue weighted by Gasteiger charge is 2.42. The number of hydrogen-bond donors (Lipinski definition) is 3. The number of esters is 1. The number of carbonyl (C=O) groups is 4. The average Bonchev–Trinajstić information content (AvgIpc) is 3.73. The summed E-state index contributed by atoms with van der Waals surface area (Å²) in [7, 11) is 1.81. The molecule has 0 atom stereocenters. The Hall–Kier alpha value is -4.40. The van der Waals surface area contributed by atoms with Gasteiger partial charge in [-0.05, 0) is 80.0 Å². The SMILES string of the molecule is CCOC(=O)/C=C/c1ccc(NC(=O)C2(NC(=O)c3ccc4c(C5CCCC5)c(C(N)=O)n(C)c4c3)CCCC2)cc1. The van der Waals surface area contributed by atoms with E-state index in [1.807, 2.05) is 13.1 Å². The van der Waals surface area contributed by atoms with Crippen LogP contribution in [-0.2, 0) is 21.4 Å². The van der Waals surface area contributed by atoms with Crippen molar-refractivity contribution in [1.29, 1.82) is 0 Å². The van der Waals surface area contributed by atoms with Crippen molar-refractivity contribution in [1.82, 2.24) is 9.88 Å². The largest absolute Gasteiger partial charge is 0.463 e. The van der Waals surface area contributed by atoms with Gasteiger partial charge in [0.15, 0.2) is 0 Å². The summed E-state index contributed by atoms with van der Waals surface area (Å²) in [5.74, 6) is -1.20. The minimum atomic E-state index is -1.03. The molecule has 0 spiro atoms. The van der Waals surface area contributed by atoms with Crippen LogP contribution in [0.3, 0.4) is 0 Å². The average molecular weight is 571 g/mol. The summed E-state index contributed by atoms with van der Waals surface area (Å²) < 4.78 is 6.70. The molecule has 0 saturated heterocycles. The second-order valence-corrected chi connectivity index (χ2v) is 11.3. The molecule has 0 aliphatic heterocycles. The minimum absolute atomic E-state index is 0.261. The van der Waals surface area contributed by atoms with Crippen LogP contribution in [0.15, 0.2) is 48.5 Å². The van der Waals surface area contributed by atoms with Gasteiger partial charge in [0.1, 0.15) is 11.2 Å². The van der Waals surface area contributed by atoms with E-state index in [-0.39, 0.29) is 17.7 Å². The molecule has 1 heterocycles. The maximum Gasteiger partial charge on any atom is 0.330 e. The first-order valence-electron chi connectivity index (χ1n) is 14.7. The van der Waals surface area contributed by atoms with Gasteiger partial charge in [-0.1, -0.05) is 43.9 Å². The van der Waals surface area contributed by atoms with Crippen LogP contribution in [0.5, 0.6) is 0 Å². The molecule has 2 saturated carbocycles. The van der Waals surface area contributed by atoms with Crippen molar-refractivity contribution < 1.29 is 23.9 Å². The van der Waals surface area contributed by atoms with Crippen LogP contribution in [-0.4, -0.2) is 40.4 Å². The number of hydrogen-bond acceptors (Lipinski definition) is 5. The molecule has 9 nitrogen and oxygen atoms in total. The fraction of sp³-hybridized carbons (Fsp3) is 0.394. The number of fused-ring (bicyclic) bond motifs is 1. The van der Waals surface area contributed by atoms with Crippen LogP contribution in [0.2, 0.25) is 0 Å². The number of amides is 3. The summed E-state index contributed by atoms with van der Waals surface area (Å²) in [5.41, 5.74) is 8.85. The Kier molecular flexibility index (Phi) is 8.47. The van der Waals surface area contributed by atoms with E-state index in [1.165, 1.54) is 6.08 Å². The monoisotopic (exact) mass is 570 g/mol. The lowest BCUT2D eigenvalue weighted by Gasteiger charge is -2.29. The number of nitrogens with two attached hydrogens (primary N) is 1. The number of nitrogens with one attached hydrogen (secondary N) is 2. The molecule has 3 amide bonds. The summed E-state index contributed by atoms with van der Waals surface area (Å²) in [6.45, 7) is 2.06. The number of benzene rings is 2. The van der Waals surface area contributed by atoms with Crippen LogP contribution in [0.1, 0.15) is 96.2 Å². The Morgan fingerprint density at radius 3 is 2.36 bits per heavy atom. The van der Waals surface area contributed by atoms with Crippen molar-refractivity contribution >= 4 is 46.4 Å². The summed E-state index contributed by atoms with van der Waals surface area (Å²) >= 11 is 0. The quantitative estimate of drug-likeness (QED) is 0.241. The van der Waals surface area contributed by atoms with Crippen LogP contribution < -0.4 is 16.4 Å². The summed E-state index contributed by atoms with van der Waals surface area (Å²) in [6.07, 6.45) is 10.0. The molecule has 2 aliphatic carbocycles. The smallest absolute Gasteiger partial charge is 0.330 e. The van der Waals surface area contributed by atoms with Crippen molar-refractivity contribution in [2.75, 3.05) is 11.9 Å². The zero-order valence-electron chi connectivity index (χ0n) is 24.2. The first-order chi connectivity index (χ1) is 20.2. The molecule has 9 heteroatoms. The lowest BCUT2D eigenvalue weighted by molar-refractivity contribution is -0.137. The topological polar surface area (TPSA) is 133 Å². The van der Waals surface area contributed by atoms with E-state index in [2.05, 4.69) is 10.6 Å². The van der Waals surface area contributed by atoms with E-state index in [1.54, 1.807) is 54.0 Å². The molecule has 2 aliphatic rings. The lowest BCUT2D eigenvalue weighted by Crippen LogP contribution is -2.55. The van der Waals surface area contributed by atoms with Gasteiger partial charge in [0.05, 0.1) is 6.61 Å². The van der Waals surface area contributed by atoms with Gasteiger partial charge >= 0.3 is 5.97 Å². The third kappa shape index (κ3) is 5.82. The molecule has 3 aromatic rings. The molecule has 42 heavy (non-hydrogen) atoms. The van der Waals surface area contributed by atoms with E-state index in [9.17, 15) is 19.2 Å². The van der Waals surface area contributed by atoms with E-state index in [0.717, 1.165) is 60.6 Å². The van der Waals surface area contributed by atoms with Gasteiger partial charge < -0.3 is 25.7 Å². The molecule has 220 valence electrons.